The lowest BCUT2D eigenvalue weighted by molar-refractivity contribution is 0.200. The molecule has 2 nitrogen and oxygen atoms in total. The molecule has 0 amide bonds. The van der Waals surface area contributed by atoms with Gasteiger partial charge in [-0.1, -0.05) is 20.8 Å². The second-order valence-corrected chi connectivity index (χ2v) is 3.51. The van der Waals surface area contributed by atoms with Crippen molar-refractivity contribution in [3.05, 3.63) is 0 Å². The number of aliphatic hydroxyl groups excluding tert-OH is 1. The zero-order valence-corrected chi connectivity index (χ0v) is 8.09. The van der Waals surface area contributed by atoms with Crippen LogP contribution in [0.15, 0.2) is 0 Å². The van der Waals surface area contributed by atoms with E-state index in [1.54, 1.807) is 0 Å². The molecule has 0 aliphatic rings. The van der Waals surface area contributed by atoms with Gasteiger partial charge in [-0.15, -0.1) is 0 Å². The molecule has 0 saturated carbocycles. The molecule has 11 heavy (non-hydrogen) atoms. The molecule has 0 aliphatic heterocycles. The molecule has 0 aromatic heterocycles. The van der Waals surface area contributed by atoms with Gasteiger partial charge in [0, 0.05) is 12.1 Å². The SMILES string of the molecule is CCC(C)N[C@@H](CO)C(C)C. The number of nitrogens with one attached hydrogen (secondary N) is 1. The Morgan fingerprint density at radius 1 is 1.27 bits per heavy atom. The van der Waals surface area contributed by atoms with Crippen LogP contribution in [0.4, 0.5) is 0 Å². The lowest BCUT2D eigenvalue weighted by atomic mass is 10.0. The molecule has 0 aromatic rings. The maximum absolute atomic E-state index is 8.98. The first-order chi connectivity index (χ1) is 5.11. The van der Waals surface area contributed by atoms with Gasteiger partial charge >= 0.3 is 0 Å². The van der Waals surface area contributed by atoms with Crippen molar-refractivity contribution < 1.29 is 5.11 Å². The lowest BCUT2D eigenvalue weighted by Crippen LogP contribution is -2.42. The molecule has 2 atom stereocenters. The summed E-state index contributed by atoms with van der Waals surface area (Å²) in [6.45, 7) is 8.77. The summed E-state index contributed by atoms with van der Waals surface area (Å²) in [6.07, 6.45) is 1.11. The van der Waals surface area contributed by atoms with Crippen LogP contribution in [0.2, 0.25) is 0 Å². The van der Waals surface area contributed by atoms with E-state index in [-0.39, 0.29) is 12.6 Å². The third kappa shape index (κ3) is 4.38. The highest BCUT2D eigenvalue weighted by atomic mass is 16.3. The Kier molecular flexibility index (Phi) is 5.51. The van der Waals surface area contributed by atoms with E-state index in [0.717, 1.165) is 6.42 Å². The summed E-state index contributed by atoms with van der Waals surface area (Å²) in [5.41, 5.74) is 0. The Labute approximate surface area is 70.0 Å². The van der Waals surface area contributed by atoms with E-state index in [4.69, 9.17) is 5.11 Å². The molecule has 2 N–H and O–H groups in total. The molecule has 0 saturated heterocycles. The third-order valence-corrected chi connectivity index (χ3v) is 2.11. The van der Waals surface area contributed by atoms with Crippen LogP contribution in [-0.4, -0.2) is 23.8 Å². The topological polar surface area (TPSA) is 32.3 Å². The lowest BCUT2D eigenvalue weighted by Gasteiger charge is -2.23. The fourth-order valence-electron chi connectivity index (χ4n) is 0.939. The van der Waals surface area contributed by atoms with Gasteiger partial charge in [0.1, 0.15) is 0 Å². The first-order valence-electron chi connectivity index (χ1n) is 4.48. The summed E-state index contributed by atoms with van der Waals surface area (Å²) in [7, 11) is 0. The van der Waals surface area contributed by atoms with Gasteiger partial charge in [-0.25, -0.2) is 0 Å². The predicted molar refractivity (Wildman–Crippen MR) is 48.6 cm³/mol. The number of hydrogen-bond donors (Lipinski definition) is 2. The summed E-state index contributed by atoms with van der Waals surface area (Å²) in [6, 6.07) is 0.763. The predicted octanol–water partition coefficient (Wildman–Crippen LogP) is 1.39. The molecule has 2 heteroatoms. The van der Waals surface area contributed by atoms with E-state index in [2.05, 4.69) is 33.0 Å². The van der Waals surface area contributed by atoms with Gasteiger partial charge in [0.2, 0.25) is 0 Å². The number of aliphatic hydroxyl groups is 1. The fourth-order valence-corrected chi connectivity index (χ4v) is 0.939. The van der Waals surface area contributed by atoms with Gasteiger partial charge in [-0.3, -0.25) is 0 Å². The van der Waals surface area contributed by atoms with Crippen molar-refractivity contribution in [2.45, 2.75) is 46.2 Å². The second-order valence-electron chi connectivity index (χ2n) is 3.51. The van der Waals surface area contributed by atoms with Crippen LogP contribution in [-0.2, 0) is 0 Å². The van der Waals surface area contributed by atoms with E-state index < -0.39 is 0 Å². The summed E-state index contributed by atoms with van der Waals surface area (Å²) >= 11 is 0. The minimum Gasteiger partial charge on any atom is -0.395 e. The summed E-state index contributed by atoms with van der Waals surface area (Å²) in [5.74, 6) is 0.508. The average Bonchev–Trinajstić information content (AvgIpc) is 1.99. The van der Waals surface area contributed by atoms with Gasteiger partial charge in [0.15, 0.2) is 0 Å². The van der Waals surface area contributed by atoms with Crippen molar-refractivity contribution in [2.24, 2.45) is 5.92 Å². The smallest absolute Gasteiger partial charge is 0.0587 e. The maximum Gasteiger partial charge on any atom is 0.0587 e. The van der Waals surface area contributed by atoms with Gasteiger partial charge in [0.05, 0.1) is 6.61 Å². The summed E-state index contributed by atoms with van der Waals surface area (Å²) in [4.78, 5) is 0. The van der Waals surface area contributed by atoms with Gasteiger partial charge in [-0.05, 0) is 19.3 Å². The van der Waals surface area contributed by atoms with E-state index in [0.29, 0.717) is 12.0 Å². The van der Waals surface area contributed by atoms with Crippen molar-refractivity contribution in [3.8, 4) is 0 Å². The highest BCUT2D eigenvalue weighted by molar-refractivity contribution is 4.72. The molecule has 0 fully saturated rings. The van der Waals surface area contributed by atoms with Gasteiger partial charge < -0.3 is 10.4 Å². The average molecular weight is 159 g/mol. The van der Waals surface area contributed by atoms with Crippen molar-refractivity contribution in [2.75, 3.05) is 6.61 Å². The normalized spacial score (nSPS) is 16.9. The number of hydrogen-bond acceptors (Lipinski definition) is 2. The molecule has 0 heterocycles. The molecule has 68 valence electrons. The van der Waals surface area contributed by atoms with Crippen molar-refractivity contribution in [1.82, 2.24) is 5.32 Å². The Bertz CT molecular complexity index is 93.6. The van der Waals surface area contributed by atoms with Crippen molar-refractivity contribution >= 4 is 0 Å². The highest BCUT2D eigenvalue weighted by Crippen LogP contribution is 2.02. The van der Waals surface area contributed by atoms with Crippen LogP contribution in [0.3, 0.4) is 0 Å². The zero-order valence-electron chi connectivity index (χ0n) is 8.09. The zero-order chi connectivity index (χ0) is 8.85. The minimum atomic E-state index is 0.238. The Hall–Kier alpha value is -0.0800. The molecule has 0 aliphatic carbocycles. The molecule has 0 radical (unpaired) electrons. The molecule has 0 rings (SSSR count). The Morgan fingerprint density at radius 2 is 1.82 bits per heavy atom. The molecule has 0 bridgehead atoms. The second kappa shape index (κ2) is 5.56. The van der Waals surface area contributed by atoms with E-state index in [9.17, 15) is 0 Å². The molecule has 1 unspecified atom stereocenters. The standard InChI is InChI=1S/C9H21NO/c1-5-8(4)10-9(6-11)7(2)3/h7-11H,5-6H2,1-4H3/t8?,9-/m0/s1. The van der Waals surface area contributed by atoms with Crippen LogP contribution in [0.25, 0.3) is 0 Å². The Morgan fingerprint density at radius 3 is 2.09 bits per heavy atom. The van der Waals surface area contributed by atoms with Gasteiger partial charge in [0.25, 0.3) is 0 Å². The Balaban J connectivity index is 3.68. The maximum atomic E-state index is 8.98. The van der Waals surface area contributed by atoms with Crippen LogP contribution < -0.4 is 5.32 Å². The van der Waals surface area contributed by atoms with Crippen molar-refractivity contribution in [1.29, 1.82) is 0 Å². The van der Waals surface area contributed by atoms with E-state index in [1.165, 1.54) is 0 Å². The largest absolute Gasteiger partial charge is 0.395 e. The van der Waals surface area contributed by atoms with Gasteiger partial charge in [-0.2, -0.15) is 0 Å². The van der Waals surface area contributed by atoms with Crippen LogP contribution >= 0.6 is 0 Å². The minimum absolute atomic E-state index is 0.238. The first kappa shape index (κ1) is 10.9. The summed E-state index contributed by atoms with van der Waals surface area (Å²) in [5, 5.41) is 12.3. The molecule has 0 aromatic carbocycles. The highest BCUT2D eigenvalue weighted by Gasteiger charge is 2.12. The quantitative estimate of drug-likeness (QED) is 0.635. The molecular weight excluding hydrogens is 138 g/mol. The third-order valence-electron chi connectivity index (χ3n) is 2.11. The van der Waals surface area contributed by atoms with Crippen LogP contribution in [0, 0.1) is 5.92 Å². The van der Waals surface area contributed by atoms with E-state index >= 15 is 0 Å². The summed E-state index contributed by atoms with van der Waals surface area (Å²) < 4.78 is 0. The van der Waals surface area contributed by atoms with E-state index in [1.807, 2.05) is 0 Å². The van der Waals surface area contributed by atoms with Crippen molar-refractivity contribution in [3.63, 3.8) is 0 Å². The molecule has 0 spiro atoms. The number of rotatable bonds is 5. The first-order valence-corrected chi connectivity index (χ1v) is 4.48. The molecular formula is C9H21NO. The fraction of sp³-hybridized carbons (Fsp3) is 1.00. The van der Waals surface area contributed by atoms with Crippen LogP contribution in [0.1, 0.15) is 34.1 Å². The monoisotopic (exact) mass is 159 g/mol. The van der Waals surface area contributed by atoms with Crippen LogP contribution in [0.5, 0.6) is 0 Å².